The van der Waals surface area contributed by atoms with Crippen LogP contribution in [0.2, 0.25) is 0 Å². The molecule has 0 aliphatic carbocycles. The van der Waals surface area contributed by atoms with Crippen molar-refractivity contribution in [2.45, 2.75) is 6.42 Å². The summed E-state index contributed by atoms with van der Waals surface area (Å²) in [5.41, 5.74) is 0. The van der Waals surface area contributed by atoms with Crippen LogP contribution in [0, 0.1) is 0 Å². The lowest BCUT2D eigenvalue weighted by Crippen LogP contribution is -1.81. The SMILES string of the molecule is O=C(I)CCI. The normalized spacial score (nSPS) is 8.33. The third-order valence-electron chi connectivity index (χ3n) is 0.291. The van der Waals surface area contributed by atoms with E-state index in [-0.39, 0.29) is 3.79 Å². The molecular weight excluding hydrogens is 306 g/mol. The maximum absolute atomic E-state index is 10.0. The molecule has 36 valence electrons. The minimum atomic E-state index is 0.252. The molecule has 1 nitrogen and oxygen atoms in total. The summed E-state index contributed by atoms with van der Waals surface area (Å²) in [6.07, 6.45) is 0.709. The second kappa shape index (κ2) is 4.29. The molecule has 0 unspecified atom stereocenters. The molecule has 3 heteroatoms. The Kier molecular flexibility index (Phi) is 5.10. The molecular formula is C3H4I2O. The van der Waals surface area contributed by atoms with Gasteiger partial charge in [-0.1, -0.05) is 22.6 Å². The zero-order valence-corrected chi connectivity index (χ0v) is 7.39. The fourth-order valence-electron chi connectivity index (χ4n) is 0.0743. The topological polar surface area (TPSA) is 17.1 Å². The molecule has 6 heavy (non-hydrogen) atoms. The van der Waals surface area contributed by atoms with Crippen molar-refractivity contribution in [1.29, 1.82) is 0 Å². The van der Waals surface area contributed by atoms with Crippen LogP contribution in [-0.4, -0.2) is 8.22 Å². The molecule has 0 rings (SSSR count). The maximum atomic E-state index is 10.0. The number of carbonyl (C=O) groups excluding carboxylic acids is 1. The Morgan fingerprint density at radius 3 is 2.17 bits per heavy atom. The largest absolute Gasteiger partial charge is 0.288 e. The van der Waals surface area contributed by atoms with E-state index >= 15 is 0 Å². The van der Waals surface area contributed by atoms with E-state index in [9.17, 15) is 4.79 Å². The van der Waals surface area contributed by atoms with Crippen molar-refractivity contribution in [2.75, 3.05) is 4.43 Å². The molecule has 0 spiro atoms. The predicted octanol–water partition coefficient (Wildman–Crippen LogP) is 1.77. The summed E-state index contributed by atoms with van der Waals surface area (Å²) in [7, 11) is 0. The van der Waals surface area contributed by atoms with Crippen molar-refractivity contribution in [3.05, 3.63) is 0 Å². The minimum absolute atomic E-state index is 0.252. The van der Waals surface area contributed by atoms with Gasteiger partial charge < -0.3 is 0 Å². The molecule has 0 bridgehead atoms. The van der Waals surface area contributed by atoms with E-state index in [0.29, 0.717) is 6.42 Å². The molecule has 0 fully saturated rings. The number of hydrogen-bond acceptors (Lipinski definition) is 1. The highest BCUT2D eigenvalue weighted by molar-refractivity contribution is 14.1. The summed E-state index contributed by atoms with van der Waals surface area (Å²) in [4.78, 5) is 10.0. The molecule has 0 amide bonds. The van der Waals surface area contributed by atoms with Crippen LogP contribution in [0.25, 0.3) is 0 Å². The molecule has 0 aromatic carbocycles. The van der Waals surface area contributed by atoms with E-state index in [2.05, 4.69) is 22.6 Å². The molecule has 0 saturated carbocycles. The molecule has 0 radical (unpaired) electrons. The lowest BCUT2D eigenvalue weighted by Gasteiger charge is -1.77. The van der Waals surface area contributed by atoms with Gasteiger partial charge in [0.25, 0.3) is 0 Å². The van der Waals surface area contributed by atoms with E-state index < -0.39 is 0 Å². The monoisotopic (exact) mass is 310 g/mol. The van der Waals surface area contributed by atoms with Crippen LogP contribution >= 0.6 is 45.2 Å². The highest BCUT2D eigenvalue weighted by Gasteiger charge is 1.87. The third kappa shape index (κ3) is 5.13. The maximum Gasteiger partial charge on any atom is 0.193 e. The van der Waals surface area contributed by atoms with Crippen LogP contribution in [0.3, 0.4) is 0 Å². The highest BCUT2D eigenvalue weighted by Crippen LogP contribution is 1.95. The number of hydrogen-bond donors (Lipinski definition) is 0. The first kappa shape index (κ1) is 7.13. The van der Waals surface area contributed by atoms with Gasteiger partial charge in [0.1, 0.15) is 0 Å². The van der Waals surface area contributed by atoms with Gasteiger partial charge >= 0.3 is 0 Å². The average molecular weight is 310 g/mol. The molecule has 0 heterocycles. The number of carbonyl (C=O) groups is 1. The summed E-state index contributed by atoms with van der Waals surface area (Å²) in [6, 6.07) is 0. The Hall–Kier alpha value is 1.13. The Bertz CT molecular complexity index is 52.8. The third-order valence-corrected chi connectivity index (χ3v) is 1.37. The highest BCUT2D eigenvalue weighted by atomic mass is 127. The molecule has 0 aromatic rings. The van der Waals surface area contributed by atoms with Crippen molar-refractivity contribution in [1.82, 2.24) is 0 Å². The predicted molar refractivity (Wildman–Crippen MR) is 42.5 cm³/mol. The van der Waals surface area contributed by atoms with Crippen LogP contribution in [0.1, 0.15) is 6.42 Å². The lowest BCUT2D eigenvalue weighted by atomic mass is 10.6. The molecule has 0 N–H and O–H groups in total. The summed E-state index contributed by atoms with van der Waals surface area (Å²) in [5.74, 6) is 0. The summed E-state index contributed by atoms with van der Waals surface area (Å²) < 4.78 is 1.20. The van der Waals surface area contributed by atoms with E-state index in [4.69, 9.17) is 0 Å². The smallest absolute Gasteiger partial charge is 0.193 e. The fraction of sp³-hybridized carbons (Fsp3) is 0.667. The Morgan fingerprint density at radius 1 is 1.67 bits per heavy atom. The average Bonchev–Trinajstić information content (AvgIpc) is 1.35. The van der Waals surface area contributed by atoms with E-state index in [1.165, 1.54) is 0 Å². The second-order valence-electron chi connectivity index (χ2n) is 0.794. The zero-order chi connectivity index (χ0) is 4.99. The second-order valence-corrected chi connectivity index (χ2v) is 3.08. The van der Waals surface area contributed by atoms with E-state index in [1.54, 1.807) is 22.6 Å². The first-order valence-electron chi connectivity index (χ1n) is 1.51. The van der Waals surface area contributed by atoms with Crippen LogP contribution in [0.15, 0.2) is 0 Å². The first-order chi connectivity index (χ1) is 2.77. The molecule has 0 aliphatic heterocycles. The molecule has 0 saturated heterocycles. The van der Waals surface area contributed by atoms with Crippen molar-refractivity contribution in [3.63, 3.8) is 0 Å². The van der Waals surface area contributed by atoms with Crippen LogP contribution in [-0.2, 0) is 4.79 Å². The van der Waals surface area contributed by atoms with Gasteiger partial charge in [-0.2, -0.15) is 0 Å². The minimum Gasteiger partial charge on any atom is -0.288 e. The Labute approximate surface area is 64.2 Å². The molecule has 0 aliphatic rings. The first-order valence-corrected chi connectivity index (χ1v) is 4.12. The van der Waals surface area contributed by atoms with Crippen LogP contribution in [0.4, 0.5) is 0 Å². The molecule has 0 aromatic heterocycles. The van der Waals surface area contributed by atoms with Gasteiger partial charge in [-0.25, -0.2) is 0 Å². The van der Waals surface area contributed by atoms with Crippen LogP contribution in [0.5, 0.6) is 0 Å². The van der Waals surface area contributed by atoms with Crippen molar-refractivity contribution < 1.29 is 4.79 Å². The van der Waals surface area contributed by atoms with Crippen LogP contribution < -0.4 is 0 Å². The summed E-state index contributed by atoms with van der Waals surface area (Å²) in [6.45, 7) is 0. The lowest BCUT2D eigenvalue weighted by molar-refractivity contribution is -0.109. The summed E-state index contributed by atoms with van der Waals surface area (Å²) >= 11 is 3.98. The van der Waals surface area contributed by atoms with Crippen molar-refractivity contribution >= 4 is 49.0 Å². The quantitative estimate of drug-likeness (QED) is 0.432. The van der Waals surface area contributed by atoms with Gasteiger partial charge in [0.05, 0.1) is 0 Å². The van der Waals surface area contributed by atoms with Gasteiger partial charge in [0, 0.05) is 10.8 Å². The Balaban J connectivity index is 2.83. The van der Waals surface area contributed by atoms with Gasteiger partial charge in [0.2, 0.25) is 0 Å². The van der Waals surface area contributed by atoms with E-state index in [1.807, 2.05) is 0 Å². The van der Waals surface area contributed by atoms with Crippen molar-refractivity contribution in [2.24, 2.45) is 0 Å². The zero-order valence-electron chi connectivity index (χ0n) is 3.08. The van der Waals surface area contributed by atoms with Gasteiger partial charge in [-0.3, -0.25) is 4.79 Å². The number of halogens is 2. The molecule has 0 atom stereocenters. The van der Waals surface area contributed by atoms with Crippen molar-refractivity contribution in [3.8, 4) is 0 Å². The fourth-order valence-corrected chi connectivity index (χ4v) is 1.87. The Morgan fingerprint density at radius 2 is 2.17 bits per heavy atom. The number of rotatable bonds is 2. The van der Waals surface area contributed by atoms with Gasteiger partial charge in [-0.05, 0) is 22.6 Å². The standard InChI is InChI=1S/C3H4I2O/c4-2-1-3(5)6/h1-2H2. The number of alkyl halides is 1. The van der Waals surface area contributed by atoms with E-state index in [0.717, 1.165) is 4.43 Å². The van der Waals surface area contributed by atoms with Gasteiger partial charge in [0.15, 0.2) is 3.79 Å². The van der Waals surface area contributed by atoms with Gasteiger partial charge in [-0.15, -0.1) is 0 Å². The summed E-state index contributed by atoms with van der Waals surface area (Å²) in [5, 5.41) is 0.